The fraction of sp³-hybridized carbons (Fsp3) is 0.273. The molecule has 0 radical (unpaired) electrons. The van der Waals surface area contributed by atoms with E-state index in [0.29, 0.717) is 37.6 Å². The Morgan fingerprint density at radius 3 is 2.48 bits per heavy atom. The second-order valence-corrected chi connectivity index (χ2v) is 6.69. The van der Waals surface area contributed by atoms with Crippen molar-refractivity contribution in [2.75, 3.05) is 32.9 Å². The second-order valence-electron chi connectivity index (χ2n) is 6.69. The average Bonchev–Trinajstić information content (AvgIpc) is 2.82. The number of carbonyl (C=O) groups excluding carboxylic acids is 3. The molecule has 31 heavy (non-hydrogen) atoms. The quantitative estimate of drug-likeness (QED) is 0.386. The topological polar surface area (TPSA) is 109 Å². The highest BCUT2D eigenvalue weighted by Gasteiger charge is 2.17. The smallest absolute Gasteiger partial charge is 0.329 e. The molecule has 0 atom stereocenters. The van der Waals surface area contributed by atoms with Gasteiger partial charge in [-0.25, -0.2) is 5.43 Å². The van der Waals surface area contributed by atoms with Crippen molar-refractivity contribution < 1.29 is 23.9 Å². The molecule has 2 aromatic carbocycles. The van der Waals surface area contributed by atoms with Crippen LogP contribution in [0, 0.1) is 0 Å². The normalized spacial score (nSPS) is 13.6. The van der Waals surface area contributed by atoms with E-state index >= 15 is 0 Å². The molecule has 0 bridgehead atoms. The number of carbonyl (C=O) groups is 3. The van der Waals surface area contributed by atoms with E-state index in [0.717, 1.165) is 5.56 Å². The van der Waals surface area contributed by atoms with Gasteiger partial charge in [-0.3, -0.25) is 14.4 Å². The molecule has 0 unspecified atom stereocenters. The molecule has 9 heteroatoms. The van der Waals surface area contributed by atoms with Crippen molar-refractivity contribution in [3.8, 4) is 5.75 Å². The number of nitrogens with one attached hydrogen (secondary N) is 2. The van der Waals surface area contributed by atoms with Gasteiger partial charge in [-0.15, -0.1) is 0 Å². The number of morpholine rings is 1. The van der Waals surface area contributed by atoms with Gasteiger partial charge in [-0.2, -0.15) is 5.10 Å². The van der Waals surface area contributed by atoms with Crippen LogP contribution in [0.5, 0.6) is 5.75 Å². The van der Waals surface area contributed by atoms with Crippen molar-refractivity contribution in [2.24, 2.45) is 5.10 Å². The number of benzene rings is 2. The van der Waals surface area contributed by atoms with Gasteiger partial charge in [0.1, 0.15) is 5.75 Å². The molecular weight excluding hydrogens is 400 g/mol. The van der Waals surface area contributed by atoms with Gasteiger partial charge < -0.3 is 19.7 Å². The first-order valence-corrected chi connectivity index (χ1v) is 9.86. The maximum absolute atomic E-state index is 12.2. The highest BCUT2D eigenvalue weighted by atomic mass is 16.5. The highest BCUT2D eigenvalue weighted by molar-refractivity contribution is 6.35. The fourth-order valence-corrected chi connectivity index (χ4v) is 2.83. The minimum absolute atomic E-state index is 0.112. The van der Waals surface area contributed by atoms with Gasteiger partial charge in [0.05, 0.1) is 19.4 Å². The van der Waals surface area contributed by atoms with Crippen LogP contribution in [0.1, 0.15) is 11.1 Å². The van der Waals surface area contributed by atoms with E-state index in [1.54, 1.807) is 29.2 Å². The van der Waals surface area contributed by atoms with Crippen molar-refractivity contribution in [3.05, 3.63) is 65.7 Å². The number of hydrogen-bond donors (Lipinski definition) is 2. The third kappa shape index (κ3) is 6.93. The van der Waals surface area contributed by atoms with Crippen LogP contribution >= 0.6 is 0 Å². The number of nitrogens with zero attached hydrogens (tertiary/aromatic N) is 2. The number of rotatable bonds is 7. The Morgan fingerprint density at radius 1 is 1.00 bits per heavy atom. The zero-order chi connectivity index (χ0) is 21.9. The minimum atomic E-state index is -0.881. The first-order valence-electron chi connectivity index (χ1n) is 9.86. The number of amides is 3. The van der Waals surface area contributed by atoms with Crippen LogP contribution < -0.4 is 15.5 Å². The van der Waals surface area contributed by atoms with Crippen molar-refractivity contribution >= 4 is 23.9 Å². The van der Waals surface area contributed by atoms with Crippen molar-refractivity contribution in [1.82, 2.24) is 15.6 Å². The third-order valence-electron chi connectivity index (χ3n) is 4.51. The van der Waals surface area contributed by atoms with E-state index in [2.05, 4.69) is 15.8 Å². The zero-order valence-corrected chi connectivity index (χ0v) is 17.0. The molecule has 0 aromatic heterocycles. The van der Waals surface area contributed by atoms with Gasteiger partial charge in [-0.1, -0.05) is 42.5 Å². The summed E-state index contributed by atoms with van der Waals surface area (Å²) in [6.45, 7) is 2.26. The SMILES string of the molecule is O=C(NCc1ccccc1)C(=O)N/N=C\c1ccccc1OCC(=O)N1CCOCC1. The molecule has 1 aliphatic heterocycles. The monoisotopic (exact) mass is 424 g/mol. The Kier molecular flexibility index (Phi) is 8.13. The van der Waals surface area contributed by atoms with Crippen molar-refractivity contribution in [2.45, 2.75) is 6.54 Å². The van der Waals surface area contributed by atoms with Crippen LogP contribution in [-0.4, -0.2) is 61.7 Å². The standard InChI is InChI=1S/C22H24N4O5/c27-20(26-10-12-30-13-11-26)16-31-19-9-5-4-8-18(19)15-24-25-22(29)21(28)23-14-17-6-2-1-3-7-17/h1-9,15H,10-14,16H2,(H,23,28)(H,25,29)/b24-15-. The number of hydrazone groups is 1. The summed E-state index contributed by atoms with van der Waals surface area (Å²) in [5.74, 6) is -1.36. The third-order valence-corrected chi connectivity index (χ3v) is 4.51. The number of ether oxygens (including phenoxy) is 2. The first-order chi connectivity index (χ1) is 15.1. The van der Waals surface area contributed by atoms with Gasteiger partial charge in [0.15, 0.2) is 6.61 Å². The molecule has 1 aliphatic rings. The zero-order valence-electron chi connectivity index (χ0n) is 17.0. The summed E-state index contributed by atoms with van der Waals surface area (Å²) in [6.07, 6.45) is 1.36. The van der Waals surface area contributed by atoms with Crippen molar-refractivity contribution in [3.63, 3.8) is 0 Å². The van der Waals surface area contributed by atoms with Crippen molar-refractivity contribution in [1.29, 1.82) is 0 Å². The largest absolute Gasteiger partial charge is 0.483 e. The molecule has 0 saturated carbocycles. The second kappa shape index (κ2) is 11.5. The van der Waals surface area contributed by atoms with Gasteiger partial charge in [-0.05, 0) is 17.7 Å². The fourth-order valence-electron chi connectivity index (χ4n) is 2.83. The Hall–Kier alpha value is -3.72. The van der Waals surface area contributed by atoms with Gasteiger partial charge in [0.25, 0.3) is 5.91 Å². The molecule has 0 aliphatic carbocycles. The van der Waals surface area contributed by atoms with E-state index in [1.165, 1.54) is 6.21 Å². The lowest BCUT2D eigenvalue weighted by atomic mass is 10.2. The molecule has 1 saturated heterocycles. The maximum atomic E-state index is 12.2. The highest BCUT2D eigenvalue weighted by Crippen LogP contribution is 2.16. The van der Waals surface area contributed by atoms with E-state index in [1.807, 2.05) is 30.3 Å². The summed E-state index contributed by atoms with van der Waals surface area (Å²) in [4.78, 5) is 37.7. The van der Waals surface area contributed by atoms with Crippen LogP contribution in [-0.2, 0) is 25.7 Å². The van der Waals surface area contributed by atoms with Crippen LogP contribution in [0.4, 0.5) is 0 Å². The van der Waals surface area contributed by atoms with E-state index < -0.39 is 11.8 Å². The first kappa shape index (κ1) is 22.0. The molecule has 1 heterocycles. The summed E-state index contributed by atoms with van der Waals surface area (Å²) >= 11 is 0. The Balaban J connectivity index is 1.48. The summed E-state index contributed by atoms with van der Waals surface area (Å²) in [6, 6.07) is 16.2. The lowest BCUT2D eigenvalue weighted by Gasteiger charge is -2.26. The molecule has 2 aromatic rings. The van der Waals surface area contributed by atoms with Crippen LogP contribution in [0.15, 0.2) is 59.7 Å². The molecule has 162 valence electrons. The van der Waals surface area contributed by atoms with Crippen LogP contribution in [0.2, 0.25) is 0 Å². The summed E-state index contributed by atoms with van der Waals surface area (Å²) in [5.41, 5.74) is 3.62. The molecule has 0 spiro atoms. The predicted octanol–water partition coefficient (Wildman–Crippen LogP) is 0.691. The Labute approximate surface area is 180 Å². The lowest BCUT2D eigenvalue weighted by molar-refractivity contribution is -0.139. The van der Waals surface area contributed by atoms with Gasteiger partial charge in [0, 0.05) is 25.2 Å². The molecule has 2 N–H and O–H groups in total. The molecule has 3 amide bonds. The molecule has 3 rings (SSSR count). The molecule has 1 fully saturated rings. The Morgan fingerprint density at radius 2 is 1.71 bits per heavy atom. The number of hydrogen-bond acceptors (Lipinski definition) is 6. The molecule has 9 nitrogen and oxygen atoms in total. The van der Waals surface area contributed by atoms with Crippen LogP contribution in [0.3, 0.4) is 0 Å². The van der Waals surface area contributed by atoms with E-state index in [4.69, 9.17) is 9.47 Å². The van der Waals surface area contributed by atoms with Gasteiger partial charge >= 0.3 is 11.8 Å². The summed E-state index contributed by atoms with van der Waals surface area (Å²) in [7, 11) is 0. The number of para-hydroxylation sites is 1. The Bertz CT molecular complexity index is 927. The maximum Gasteiger partial charge on any atom is 0.329 e. The van der Waals surface area contributed by atoms with E-state index in [9.17, 15) is 14.4 Å². The van der Waals surface area contributed by atoms with Crippen LogP contribution in [0.25, 0.3) is 0 Å². The average molecular weight is 424 g/mol. The minimum Gasteiger partial charge on any atom is -0.483 e. The van der Waals surface area contributed by atoms with E-state index in [-0.39, 0.29) is 19.1 Å². The van der Waals surface area contributed by atoms with Gasteiger partial charge in [0.2, 0.25) is 0 Å². The predicted molar refractivity (Wildman–Crippen MR) is 113 cm³/mol. The lowest BCUT2D eigenvalue weighted by Crippen LogP contribution is -2.43. The molecular formula is C22H24N4O5. The summed E-state index contributed by atoms with van der Waals surface area (Å²) in [5, 5.41) is 6.34. The summed E-state index contributed by atoms with van der Waals surface area (Å²) < 4.78 is 10.9.